The normalized spacial score (nSPS) is 11.1. The van der Waals surface area contributed by atoms with E-state index in [0.717, 1.165) is 77.1 Å². The Balaban J connectivity index is 0.000000139. The van der Waals surface area contributed by atoms with E-state index in [9.17, 15) is 0 Å². The average Bonchev–Trinajstić information content (AvgIpc) is 1.68. The van der Waals surface area contributed by atoms with Crippen molar-refractivity contribution in [1.82, 2.24) is 22.8 Å². The van der Waals surface area contributed by atoms with Gasteiger partial charge in [0.15, 0.2) is 0 Å². The number of nitrogens with two attached hydrogens (primary N) is 2. The Bertz CT molecular complexity index is 4480. The first-order chi connectivity index (χ1) is 50.5. The summed E-state index contributed by atoms with van der Waals surface area (Å²) in [5.74, 6) is 0.959. The third kappa shape index (κ3) is 21.3. The quantitative estimate of drug-likeness (QED) is 0.0512. The number of nitrogens with zero attached hydrogens (tertiary/aromatic N) is 5. The van der Waals surface area contributed by atoms with Crippen LogP contribution in [0.1, 0.15) is 139 Å². The highest BCUT2D eigenvalue weighted by Crippen LogP contribution is 2.30. The van der Waals surface area contributed by atoms with E-state index in [4.69, 9.17) is 16.2 Å². The number of fused-ring (bicyclic) bond motifs is 5. The molecule has 0 fully saturated rings. The molecule has 0 aliphatic rings. The Morgan fingerprint density at radius 3 is 0.942 bits per heavy atom. The van der Waals surface area contributed by atoms with Crippen LogP contribution in [-0.4, -0.2) is 42.5 Å². The smallest absolute Gasteiger partial charge is 0.122 e. The van der Waals surface area contributed by atoms with Gasteiger partial charge < -0.3 is 39.0 Å². The molecule has 0 aliphatic heterocycles. The van der Waals surface area contributed by atoms with E-state index < -0.39 is 0 Å². The van der Waals surface area contributed by atoms with E-state index in [0.29, 0.717) is 13.2 Å². The highest BCUT2D eigenvalue weighted by atomic mass is 16.5. The maximum absolute atomic E-state index is 5.91. The Hall–Kier alpha value is -9.60. The lowest BCUT2D eigenvalue weighted by Crippen LogP contribution is -2.08. The fourth-order valence-corrected chi connectivity index (χ4v) is 14.6. The molecular formula is C95H115N7O. The molecule has 0 spiro atoms. The largest absolute Gasteiger partial charge is 0.491 e. The van der Waals surface area contributed by atoms with Gasteiger partial charge in [0.05, 0.1) is 6.54 Å². The minimum Gasteiger partial charge on any atom is -0.491 e. The summed E-state index contributed by atoms with van der Waals surface area (Å²) in [5, 5.41) is 6.99. The highest BCUT2D eigenvalue weighted by Gasteiger charge is 2.14. The maximum atomic E-state index is 5.91. The van der Waals surface area contributed by atoms with Crippen molar-refractivity contribution in [3.63, 3.8) is 0 Å². The summed E-state index contributed by atoms with van der Waals surface area (Å²) >= 11 is 0. The summed E-state index contributed by atoms with van der Waals surface area (Å²) in [6.07, 6.45) is 28.8. The van der Waals surface area contributed by atoms with Crippen molar-refractivity contribution in [3.05, 3.63) is 316 Å². The molecule has 8 nitrogen and oxygen atoms in total. The molecule has 5 heterocycles. The third-order valence-electron chi connectivity index (χ3n) is 19.8. The Morgan fingerprint density at radius 2 is 0.592 bits per heavy atom. The first-order valence-electron chi connectivity index (χ1n) is 38.6. The summed E-state index contributed by atoms with van der Waals surface area (Å²) in [5.41, 5.74) is 34.8. The molecule has 8 heteroatoms. The predicted octanol–water partition coefficient (Wildman–Crippen LogP) is 22.7. The SMILES string of the molecule is CCCc1cn(CCCc2ccccc2)c2ccc(C)cc12.CCCc1cn(CCCc2ccccc2)c2ccc(C)cc12.CCCc1cn(CCCc2ccccc2)c2ccc(C)cc12.CCCn1cc(CCN)c2ccccc21.Cc1ccccc1OCCn1cc(CCN)c2ccccc21. The van der Waals surface area contributed by atoms with Crippen LogP contribution in [-0.2, 0) is 84.1 Å². The molecule has 0 bridgehead atoms. The third-order valence-corrected chi connectivity index (χ3v) is 19.8. The minimum atomic E-state index is 0.658. The van der Waals surface area contributed by atoms with Crippen LogP contribution >= 0.6 is 0 Å². The van der Waals surface area contributed by atoms with Gasteiger partial charge in [-0.1, -0.05) is 227 Å². The fourth-order valence-electron chi connectivity index (χ4n) is 14.6. The van der Waals surface area contributed by atoms with Crippen LogP contribution in [0.15, 0.2) is 249 Å². The highest BCUT2D eigenvalue weighted by molar-refractivity contribution is 5.87. The number of aryl methyl sites for hydroxylation is 14. The molecule has 0 radical (unpaired) electrons. The maximum Gasteiger partial charge on any atom is 0.122 e. The molecule has 9 aromatic carbocycles. The Kier molecular flexibility index (Phi) is 29.3. The van der Waals surface area contributed by atoms with Crippen LogP contribution in [0.4, 0.5) is 0 Å². The lowest BCUT2D eigenvalue weighted by atomic mass is 10.1. The van der Waals surface area contributed by atoms with Crippen LogP contribution in [0.2, 0.25) is 0 Å². The van der Waals surface area contributed by atoms with Crippen molar-refractivity contribution < 1.29 is 4.74 Å². The second kappa shape index (κ2) is 39.7. The zero-order valence-corrected chi connectivity index (χ0v) is 63.2. The van der Waals surface area contributed by atoms with E-state index in [1.165, 1.54) is 185 Å². The summed E-state index contributed by atoms with van der Waals surface area (Å²) in [4.78, 5) is 0. The molecule has 103 heavy (non-hydrogen) atoms. The number of aromatic nitrogens is 5. The second-order valence-corrected chi connectivity index (χ2v) is 28.0. The number of benzene rings is 9. The van der Waals surface area contributed by atoms with Crippen molar-refractivity contribution in [2.45, 2.75) is 184 Å². The molecule has 14 aromatic rings. The van der Waals surface area contributed by atoms with Gasteiger partial charge in [0.2, 0.25) is 0 Å². The number of hydrogen-bond acceptors (Lipinski definition) is 3. The van der Waals surface area contributed by atoms with Gasteiger partial charge in [-0.15, -0.1) is 0 Å². The minimum absolute atomic E-state index is 0.658. The van der Waals surface area contributed by atoms with Crippen LogP contribution < -0.4 is 16.2 Å². The lowest BCUT2D eigenvalue weighted by molar-refractivity contribution is 0.298. The van der Waals surface area contributed by atoms with E-state index in [2.05, 4.69) is 309 Å². The lowest BCUT2D eigenvalue weighted by Gasteiger charge is -2.10. The Morgan fingerprint density at radius 1 is 0.282 bits per heavy atom. The van der Waals surface area contributed by atoms with E-state index in [-0.39, 0.29) is 0 Å². The molecule has 536 valence electrons. The topological polar surface area (TPSA) is 85.9 Å². The zero-order chi connectivity index (χ0) is 72.1. The van der Waals surface area contributed by atoms with Crippen molar-refractivity contribution in [1.29, 1.82) is 0 Å². The Labute approximate surface area is 616 Å². The molecule has 14 rings (SSSR count). The van der Waals surface area contributed by atoms with E-state index in [1.807, 2.05) is 18.2 Å². The van der Waals surface area contributed by atoms with Gasteiger partial charge >= 0.3 is 0 Å². The molecule has 0 amide bonds. The zero-order valence-electron chi connectivity index (χ0n) is 63.2. The summed E-state index contributed by atoms with van der Waals surface area (Å²) in [7, 11) is 0. The van der Waals surface area contributed by atoms with Crippen LogP contribution in [0.5, 0.6) is 5.75 Å². The predicted molar refractivity (Wildman–Crippen MR) is 443 cm³/mol. The molecule has 5 aromatic heterocycles. The standard InChI is InChI=1S/3C21H25N.C19H22N2O.C13H18N2/c3*1-3-8-19-16-22(21-13-12-17(2)15-20(19)21)14-7-11-18-9-5-4-6-10-18;1-15-6-2-5-9-19(15)22-13-12-21-14-16(10-11-20)17-7-3-4-8-18(17)21;1-2-9-15-10-11(7-8-14)12-5-3-4-6-13(12)15/h3*4-6,9-10,12-13,15-16H,3,7-8,11,14H2,1-2H3;2-9,14H,10-13,20H2,1H3;3-6,10H,2,7-9,14H2,1H3. The average molecular weight is 1370 g/mol. The van der Waals surface area contributed by atoms with Gasteiger partial charge in [0.25, 0.3) is 0 Å². The van der Waals surface area contributed by atoms with Crippen LogP contribution in [0.25, 0.3) is 54.5 Å². The van der Waals surface area contributed by atoms with Gasteiger partial charge in [-0.05, 0) is 223 Å². The van der Waals surface area contributed by atoms with Gasteiger partial charge in [-0.3, -0.25) is 0 Å². The number of rotatable bonds is 28. The molecule has 0 saturated heterocycles. The van der Waals surface area contributed by atoms with Gasteiger partial charge in [0, 0.05) is 112 Å². The number of ether oxygens (including phenoxy) is 1. The first-order valence-corrected chi connectivity index (χ1v) is 38.6. The molecule has 0 saturated carbocycles. The molecular weight excluding hydrogens is 1260 g/mol. The number of hydrogen-bond donors (Lipinski definition) is 2. The summed E-state index contributed by atoms with van der Waals surface area (Å²) < 4.78 is 17.9. The second-order valence-electron chi connectivity index (χ2n) is 28.0. The monoisotopic (exact) mass is 1370 g/mol. The van der Waals surface area contributed by atoms with Gasteiger partial charge in [0.1, 0.15) is 12.4 Å². The fraction of sp³-hybridized carbons (Fsp3) is 0.326. The molecule has 0 unspecified atom stereocenters. The van der Waals surface area contributed by atoms with Crippen molar-refractivity contribution in [3.8, 4) is 5.75 Å². The molecule has 0 atom stereocenters. The van der Waals surface area contributed by atoms with Crippen LogP contribution in [0.3, 0.4) is 0 Å². The number of para-hydroxylation sites is 3. The van der Waals surface area contributed by atoms with E-state index >= 15 is 0 Å². The first kappa shape index (κ1) is 76.0. The van der Waals surface area contributed by atoms with Crippen molar-refractivity contribution >= 4 is 54.5 Å². The van der Waals surface area contributed by atoms with Crippen LogP contribution in [0, 0.1) is 27.7 Å². The van der Waals surface area contributed by atoms with Gasteiger partial charge in [-0.2, -0.15) is 0 Å². The van der Waals surface area contributed by atoms with Crippen molar-refractivity contribution in [2.75, 3.05) is 19.7 Å². The van der Waals surface area contributed by atoms with E-state index in [1.54, 1.807) is 0 Å². The molecule has 0 aliphatic carbocycles. The van der Waals surface area contributed by atoms with Crippen molar-refractivity contribution in [2.24, 2.45) is 11.5 Å². The molecule has 4 N–H and O–H groups in total. The summed E-state index contributed by atoms with van der Waals surface area (Å²) in [6.45, 7) is 24.9. The van der Waals surface area contributed by atoms with Gasteiger partial charge in [-0.25, -0.2) is 0 Å². The summed E-state index contributed by atoms with van der Waals surface area (Å²) in [6, 6.07) is 78.1.